The van der Waals surface area contributed by atoms with Crippen molar-refractivity contribution in [1.82, 2.24) is 5.32 Å². The van der Waals surface area contributed by atoms with Crippen LogP contribution in [0.25, 0.3) is 0 Å². The summed E-state index contributed by atoms with van der Waals surface area (Å²) >= 11 is 0. The fourth-order valence-corrected chi connectivity index (χ4v) is 3.76. The van der Waals surface area contributed by atoms with Gasteiger partial charge in [-0.3, -0.25) is 4.79 Å². The smallest absolute Gasteiger partial charge is 0.249 e. The van der Waals surface area contributed by atoms with E-state index in [0.29, 0.717) is 13.2 Å². The Hall–Kier alpha value is -1.42. The van der Waals surface area contributed by atoms with E-state index in [9.17, 15) is 9.18 Å². The van der Waals surface area contributed by atoms with Crippen LogP contribution in [0.4, 0.5) is 4.39 Å². The SMILES string of the molecule is O=C(NCC1(c2cccc(F)c2)CCCC1)[C@H]1CCCCO1. The van der Waals surface area contributed by atoms with Crippen LogP contribution < -0.4 is 5.32 Å². The zero-order chi connectivity index (χ0) is 15.4. The van der Waals surface area contributed by atoms with E-state index in [4.69, 9.17) is 4.74 Å². The minimum absolute atomic E-state index is 0.0117. The van der Waals surface area contributed by atoms with Crippen LogP contribution in [-0.4, -0.2) is 25.2 Å². The normalized spacial score (nSPS) is 24.1. The van der Waals surface area contributed by atoms with Crippen molar-refractivity contribution in [2.45, 2.75) is 56.5 Å². The third kappa shape index (κ3) is 3.32. The van der Waals surface area contributed by atoms with Crippen LogP contribution in [0.1, 0.15) is 50.5 Å². The molecule has 0 unspecified atom stereocenters. The summed E-state index contributed by atoms with van der Waals surface area (Å²) in [5.41, 5.74) is 0.891. The molecule has 1 saturated carbocycles. The summed E-state index contributed by atoms with van der Waals surface area (Å²) in [4.78, 5) is 12.3. The lowest BCUT2D eigenvalue weighted by molar-refractivity contribution is -0.135. The van der Waals surface area contributed by atoms with Crippen LogP contribution in [0, 0.1) is 5.82 Å². The van der Waals surface area contributed by atoms with Gasteiger partial charge in [0.1, 0.15) is 11.9 Å². The summed E-state index contributed by atoms with van der Waals surface area (Å²) in [6.45, 7) is 1.25. The van der Waals surface area contributed by atoms with Gasteiger partial charge in [-0.2, -0.15) is 0 Å². The number of carbonyl (C=O) groups excluding carboxylic acids is 1. The third-order valence-electron chi connectivity index (χ3n) is 5.07. The third-order valence-corrected chi connectivity index (χ3v) is 5.07. The minimum Gasteiger partial charge on any atom is -0.368 e. The molecule has 120 valence electrons. The molecular weight excluding hydrogens is 281 g/mol. The first-order valence-electron chi connectivity index (χ1n) is 8.35. The number of ether oxygens (including phenoxy) is 1. The van der Waals surface area contributed by atoms with Crippen LogP contribution in [0.3, 0.4) is 0 Å². The van der Waals surface area contributed by atoms with Crippen molar-refractivity contribution in [3.63, 3.8) is 0 Å². The van der Waals surface area contributed by atoms with Crippen molar-refractivity contribution in [1.29, 1.82) is 0 Å². The lowest BCUT2D eigenvalue weighted by atomic mass is 9.78. The van der Waals surface area contributed by atoms with Crippen molar-refractivity contribution in [2.24, 2.45) is 0 Å². The van der Waals surface area contributed by atoms with E-state index in [1.54, 1.807) is 12.1 Å². The standard InChI is InChI=1S/C18H24FNO2/c19-15-7-5-6-14(12-15)18(9-2-3-10-18)13-20-17(21)16-8-1-4-11-22-16/h5-7,12,16H,1-4,8-11,13H2,(H,20,21)/t16-/m1/s1. The van der Waals surface area contributed by atoms with Crippen molar-refractivity contribution in [2.75, 3.05) is 13.2 Å². The second kappa shape index (κ2) is 6.78. The molecular formula is C18H24FNO2. The van der Waals surface area contributed by atoms with E-state index in [-0.39, 0.29) is 23.2 Å². The maximum Gasteiger partial charge on any atom is 0.249 e. The average molecular weight is 305 g/mol. The van der Waals surface area contributed by atoms with Gasteiger partial charge in [0.05, 0.1) is 0 Å². The molecule has 0 aromatic heterocycles. The Bertz CT molecular complexity index is 520. The van der Waals surface area contributed by atoms with Crippen LogP contribution in [-0.2, 0) is 14.9 Å². The molecule has 2 aliphatic rings. The van der Waals surface area contributed by atoms with Crippen LogP contribution in [0.2, 0.25) is 0 Å². The molecule has 1 aliphatic carbocycles. The highest BCUT2D eigenvalue weighted by Crippen LogP contribution is 2.40. The Morgan fingerprint density at radius 3 is 2.77 bits per heavy atom. The summed E-state index contributed by atoms with van der Waals surface area (Å²) in [6, 6.07) is 6.84. The number of rotatable bonds is 4. The van der Waals surface area contributed by atoms with Crippen molar-refractivity contribution < 1.29 is 13.9 Å². The number of benzene rings is 1. The number of halogens is 1. The van der Waals surface area contributed by atoms with Crippen molar-refractivity contribution in [3.05, 3.63) is 35.6 Å². The van der Waals surface area contributed by atoms with Gasteiger partial charge in [-0.05, 0) is 49.8 Å². The maximum absolute atomic E-state index is 13.6. The number of carbonyl (C=O) groups is 1. The monoisotopic (exact) mass is 305 g/mol. The van der Waals surface area contributed by atoms with Gasteiger partial charge in [-0.1, -0.05) is 25.0 Å². The molecule has 1 aromatic rings. The van der Waals surface area contributed by atoms with Crippen LogP contribution >= 0.6 is 0 Å². The fraction of sp³-hybridized carbons (Fsp3) is 0.611. The molecule has 0 bridgehead atoms. The highest BCUT2D eigenvalue weighted by Gasteiger charge is 2.36. The Morgan fingerprint density at radius 2 is 2.09 bits per heavy atom. The van der Waals surface area contributed by atoms with Gasteiger partial charge in [0.25, 0.3) is 0 Å². The molecule has 22 heavy (non-hydrogen) atoms. The first kappa shape index (κ1) is 15.5. The maximum atomic E-state index is 13.6. The van der Waals surface area contributed by atoms with Gasteiger partial charge in [-0.25, -0.2) is 4.39 Å². The van der Waals surface area contributed by atoms with Crippen molar-refractivity contribution in [3.8, 4) is 0 Å². The van der Waals surface area contributed by atoms with Gasteiger partial charge in [0, 0.05) is 18.6 Å². The van der Waals surface area contributed by atoms with Gasteiger partial charge in [0.15, 0.2) is 0 Å². The van der Waals surface area contributed by atoms with Gasteiger partial charge in [0.2, 0.25) is 5.91 Å². The first-order valence-corrected chi connectivity index (χ1v) is 8.35. The number of amides is 1. The summed E-state index contributed by atoms with van der Waals surface area (Å²) in [6.07, 6.45) is 6.85. The van der Waals surface area contributed by atoms with Crippen LogP contribution in [0.15, 0.2) is 24.3 Å². The number of nitrogens with one attached hydrogen (secondary N) is 1. The molecule has 1 heterocycles. The molecule has 1 amide bonds. The topological polar surface area (TPSA) is 38.3 Å². The van der Waals surface area contributed by atoms with E-state index in [1.807, 2.05) is 6.07 Å². The molecule has 4 heteroatoms. The van der Waals surface area contributed by atoms with Gasteiger partial charge >= 0.3 is 0 Å². The highest BCUT2D eigenvalue weighted by molar-refractivity contribution is 5.80. The molecule has 1 aromatic carbocycles. The molecule has 2 fully saturated rings. The van der Waals surface area contributed by atoms with Gasteiger partial charge in [-0.15, -0.1) is 0 Å². The molecule has 1 aliphatic heterocycles. The highest BCUT2D eigenvalue weighted by atomic mass is 19.1. The molecule has 1 saturated heterocycles. The first-order chi connectivity index (χ1) is 10.7. The van der Waals surface area contributed by atoms with Crippen molar-refractivity contribution >= 4 is 5.91 Å². The molecule has 1 N–H and O–H groups in total. The zero-order valence-corrected chi connectivity index (χ0v) is 12.9. The van der Waals surface area contributed by atoms with E-state index in [2.05, 4.69) is 5.32 Å². The second-order valence-electron chi connectivity index (χ2n) is 6.57. The lowest BCUT2D eigenvalue weighted by Crippen LogP contribution is -2.44. The number of hydrogen-bond donors (Lipinski definition) is 1. The zero-order valence-electron chi connectivity index (χ0n) is 12.9. The fourth-order valence-electron chi connectivity index (χ4n) is 3.76. The van der Waals surface area contributed by atoms with E-state index >= 15 is 0 Å². The number of hydrogen-bond acceptors (Lipinski definition) is 2. The molecule has 0 spiro atoms. The van der Waals surface area contributed by atoms with Crippen LogP contribution in [0.5, 0.6) is 0 Å². The Balaban J connectivity index is 1.68. The Morgan fingerprint density at radius 1 is 1.27 bits per heavy atom. The molecule has 3 rings (SSSR count). The van der Waals surface area contributed by atoms with E-state index in [0.717, 1.165) is 50.5 Å². The molecule has 0 radical (unpaired) electrons. The van der Waals surface area contributed by atoms with E-state index in [1.165, 1.54) is 6.07 Å². The Kier molecular flexibility index (Phi) is 4.77. The summed E-state index contributed by atoms with van der Waals surface area (Å²) in [5.74, 6) is -0.215. The predicted molar refractivity (Wildman–Crippen MR) is 83.1 cm³/mol. The van der Waals surface area contributed by atoms with Gasteiger partial charge < -0.3 is 10.1 Å². The minimum atomic E-state index is -0.306. The predicted octanol–water partition coefficient (Wildman–Crippen LogP) is 3.32. The second-order valence-corrected chi connectivity index (χ2v) is 6.57. The molecule has 1 atom stereocenters. The lowest BCUT2D eigenvalue weighted by Gasteiger charge is -2.31. The largest absolute Gasteiger partial charge is 0.368 e. The summed E-state index contributed by atoms with van der Waals surface area (Å²) in [7, 11) is 0. The molecule has 3 nitrogen and oxygen atoms in total. The summed E-state index contributed by atoms with van der Waals surface area (Å²) < 4.78 is 19.1. The Labute approximate surface area is 131 Å². The average Bonchev–Trinajstić information content (AvgIpc) is 3.04. The quantitative estimate of drug-likeness (QED) is 0.926. The van der Waals surface area contributed by atoms with E-state index < -0.39 is 0 Å². The summed E-state index contributed by atoms with van der Waals surface area (Å²) in [5, 5.41) is 3.07.